The molecule has 0 aromatic heterocycles. The van der Waals surface area contributed by atoms with Gasteiger partial charge in [-0.2, -0.15) is 0 Å². The first-order chi connectivity index (χ1) is 15.7. The van der Waals surface area contributed by atoms with Crippen LogP contribution in [0, 0.1) is 0 Å². The highest BCUT2D eigenvalue weighted by Gasteiger charge is 2.37. The van der Waals surface area contributed by atoms with Crippen molar-refractivity contribution in [1.82, 2.24) is 0 Å². The average Bonchev–Trinajstić information content (AvgIpc) is 2.65. The van der Waals surface area contributed by atoms with Gasteiger partial charge in [0.05, 0.1) is 50.1 Å². The van der Waals surface area contributed by atoms with E-state index in [0.717, 1.165) is 0 Å². The fourth-order valence-corrected chi connectivity index (χ4v) is 2.55. The molecule has 0 radical (unpaired) electrons. The van der Waals surface area contributed by atoms with Crippen molar-refractivity contribution in [2.45, 2.75) is 96.1 Å². The number of aliphatic hydroxyl groups is 5. The Balaban J connectivity index is 5.67. The van der Waals surface area contributed by atoms with Gasteiger partial charge in [-0.05, 0) is 27.7 Å². The second-order valence-electron chi connectivity index (χ2n) is 8.13. The molecule has 0 saturated carbocycles. The summed E-state index contributed by atoms with van der Waals surface area (Å²) >= 11 is 0. The molecule has 5 unspecified atom stereocenters. The van der Waals surface area contributed by atoms with Crippen LogP contribution in [0.2, 0.25) is 0 Å². The zero-order valence-electron chi connectivity index (χ0n) is 19.8. The van der Waals surface area contributed by atoms with Crippen LogP contribution in [-0.2, 0) is 38.1 Å². The minimum absolute atomic E-state index is 0.372. The first-order valence-electron chi connectivity index (χ1n) is 10.8. The summed E-state index contributed by atoms with van der Waals surface area (Å²) in [5.41, 5.74) is 0. The van der Waals surface area contributed by atoms with Crippen LogP contribution >= 0.6 is 0 Å². The summed E-state index contributed by atoms with van der Waals surface area (Å²) in [5, 5.41) is 47.9. The lowest BCUT2D eigenvalue weighted by Gasteiger charge is -2.30. The Labute approximate surface area is 197 Å². The summed E-state index contributed by atoms with van der Waals surface area (Å²) in [6.07, 6.45) is -11.0. The molecule has 0 aliphatic carbocycles. The molecular weight excluding hydrogens is 460 g/mol. The van der Waals surface area contributed by atoms with Crippen molar-refractivity contribution < 1.29 is 63.7 Å². The molecule has 0 saturated heterocycles. The van der Waals surface area contributed by atoms with E-state index in [-0.39, 0.29) is 12.8 Å². The predicted octanol–water partition coefficient (Wildman–Crippen LogP) is -1.66. The highest BCUT2D eigenvalue weighted by Crippen LogP contribution is 2.15. The van der Waals surface area contributed by atoms with Gasteiger partial charge in [-0.1, -0.05) is 0 Å². The minimum atomic E-state index is -1.77. The largest absolute Gasteiger partial charge is 0.463 e. The average molecular weight is 497 g/mol. The van der Waals surface area contributed by atoms with Gasteiger partial charge in [-0.3, -0.25) is 19.2 Å². The molecule has 0 aromatic carbocycles. The van der Waals surface area contributed by atoms with Crippen molar-refractivity contribution in [2.24, 2.45) is 0 Å². The first-order valence-corrected chi connectivity index (χ1v) is 10.8. The van der Waals surface area contributed by atoms with Crippen LogP contribution in [0.15, 0.2) is 0 Å². The Bertz CT molecular complexity index is 645. The molecule has 5 N–H and O–H groups in total. The lowest BCUT2D eigenvalue weighted by Crippen LogP contribution is -2.48. The Morgan fingerprint density at radius 3 is 1.32 bits per heavy atom. The zero-order chi connectivity index (χ0) is 26.4. The van der Waals surface area contributed by atoms with Crippen LogP contribution in [0.4, 0.5) is 0 Å². The van der Waals surface area contributed by atoms with Crippen LogP contribution in [-0.4, -0.2) is 105 Å². The van der Waals surface area contributed by atoms with Crippen molar-refractivity contribution in [3.8, 4) is 0 Å². The molecule has 0 aliphatic heterocycles. The van der Waals surface area contributed by atoms with E-state index >= 15 is 0 Å². The van der Waals surface area contributed by atoms with Crippen LogP contribution in [0.5, 0.6) is 0 Å². The lowest BCUT2D eigenvalue weighted by molar-refractivity contribution is -0.191. The molecule has 34 heavy (non-hydrogen) atoms. The second kappa shape index (κ2) is 16.3. The molecule has 0 aromatic rings. The Morgan fingerprint density at radius 1 is 0.559 bits per heavy atom. The molecule has 0 rings (SSSR count). The summed E-state index contributed by atoms with van der Waals surface area (Å²) < 4.78 is 20.1. The van der Waals surface area contributed by atoms with Crippen LogP contribution in [0.25, 0.3) is 0 Å². The van der Waals surface area contributed by atoms with Crippen molar-refractivity contribution in [3.63, 3.8) is 0 Å². The Hall–Kier alpha value is -2.32. The molecule has 198 valence electrons. The van der Waals surface area contributed by atoms with Crippen LogP contribution in [0.3, 0.4) is 0 Å². The number of esters is 4. The van der Waals surface area contributed by atoms with E-state index in [1.165, 1.54) is 27.7 Å². The van der Waals surface area contributed by atoms with E-state index in [2.05, 4.69) is 0 Å². The molecule has 0 amide bonds. The van der Waals surface area contributed by atoms with Crippen molar-refractivity contribution >= 4 is 23.9 Å². The van der Waals surface area contributed by atoms with E-state index in [0.29, 0.717) is 0 Å². The molecule has 0 bridgehead atoms. The number of carbonyl (C=O) groups excluding carboxylic acids is 4. The van der Waals surface area contributed by atoms with Gasteiger partial charge in [0, 0.05) is 0 Å². The van der Waals surface area contributed by atoms with E-state index in [1.807, 2.05) is 0 Å². The van der Waals surface area contributed by atoms with Gasteiger partial charge in [-0.25, -0.2) is 0 Å². The normalized spacial score (nSPS) is 17.3. The number of aliphatic hydroxyl groups excluding tert-OH is 5. The van der Waals surface area contributed by atoms with Crippen molar-refractivity contribution in [3.05, 3.63) is 0 Å². The SMILES string of the molecule is CC(O)CC(=O)OCC(O)[C@@H](OC(=O)CC(C)O)[C@H](COC(=O)CC(C)O)OC(=O)CC(C)O. The van der Waals surface area contributed by atoms with E-state index in [9.17, 15) is 44.7 Å². The molecule has 13 heteroatoms. The number of carbonyl (C=O) groups is 4. The molecule has 0 fully saturated rings. The first kappa shape index (κ1) is 31.7. The fourth-order valence-electron chi connectivity index (χ4n) is 2.55. The van der Waals surface area contributed by atoms with Gasteiger partial charge in [0.15, 0.2) is 12.2 Å². The summed E-state index contributed by atoms with van der Waals surface area (Å²) in [7, 11) is 0. The van der Waals surface area contributed by atoms with Crippen molar-refractivity contribution in [2.75, 3.05) is 13.2 Å². The fraction of sp³-hybridized carbons (Fsp3) is 0.810. The van der Waals surface area contributed by atoms with Gasteiger partial charge in [0.1, 0.15) is 19.3 Å². The lowest BCUT2D eigenvalue weighted by atomic mass is 10.1. The summed E-state index contributed by atoms with van der Waals surface area (Å²) in [6, 6.07) is 0. The molecule has 0 aliphatic rings. The zero-order valence-corrected chi connectivity index (χ0v) is 19.8. The van der Waals surface area contributed by atoms with Crippen molar-refractivity contribution in [1.29, 1.82) is 0 Å². The number of hydrogen-bond donors (Lipinski definition) is 5. The molecular formula is C21H36O13. The standard InChI is InChI=1S/C21H36O13/c1-11(22)5-17(27)31-9-15(26)21(34-20(30)8-14(4)25)16(33-19(29)7-13(3)24)10-32-18(28)6-12(2)23/h11-16,21-26H,5-10H2,1-4H3/t11?,12?,13?,14?,15?,16-,21+/m0/s1. The van der Waals surface area contributed by atoms with Gasteiger partial charge >= 0.3 is 23.9 Å². The van der Waals surface area contributed by atoms with Gasteiger partial charge < -0.3 is 44.5 Å². The number of hydrogen-bond acceptors (Lipinski definition) is 13. The van der Waals surface area contributed by atoms with E-state index in [4.69, 9.17) is 18.9 Å². The smallest absolute Gasteiger partial charge is 0.308 e. The van der Waals surface area contributed by atoms with Crippen LogP contribution in [0.1, 0.15) is 53.4 Å². The van der Waals surface area contributed by atoms with Gasteiger partial charge in [0.25, 0.3) is 0 Å². The van der Waals surface area contributed by atoms with Gasteiger partial charge in [0.2, 0.25) is 0 Å². The Morgan fingerprint density at radius 2 is 0.912 bits per heavy atom. The van der Waals surface area contributed by atoms with E-state index < -0.39 is 92.7 Å². The molecule has 0 spiro atoms. The number of ether oxygens (including phenoxy) is 4. The maximum atomic E-state index is 12.1. The third kappa shape index (κ3) is 15.5. The molecule has 7 atom stereocenters. The van der Waals surface area contributed by atoms with Crippen LogP contribution < -0.4 is 0 Å². The molecule has 13 nitrogen and oxygen atoms in total. The quantitative estimate of drug-likeness (QED) is 0.120. The van der Waals surface area contributed by atoms with E-state index in [1.54, 1.807) is 0 Å². The topological polar surface area (TPSA) is 206 Å². The Kier molecular flexibility index (Phi) is 15.2. The molecule has 0 heterocycles. The monoisotopic (exact) mass is 496 g/mol. The third-order valence-corrected chi connectivity index (χ3v) is 3.97. The summed E-state index contributed by atoms with van der Waals surface area (Å²) in [6.45, 7) is 3.87. The minimum Gasteiger partial charge on any atom is -0.463 e. The summed E-state index contributed by atoms with van der Waals surface area (Å²) in [5.74, 6) is -3.71. The highest BCUT2D eigenvalue weighted by atomic mass is 16.6. The number of rotatable bonds is 16. The maximum Gasteiger partial charge on any atom is 0.308 e. The summed E-state index contributed by atoms with van der Waals surface area (Å²) in [4.78, 5) is 47.8. The predicted molar refractivity (Wildman–Crippen MR) is 113 cm³/mol. The third-order valence-electron chi connectivity index (χ3n) is 3.97. The highest BCUT2D eigenvalue weighted by molar-refractivity contribution is 5.72. The maximum absolute atomic E-state index is 12.1. The van der Waals surface area contributed by atoms with Gasteiger partial charge in [-0.15, -0.1) is 0 Å². The second-order valence-corrected chi connectivity index (χ2v) is 8.13.